The number of hydrogen-bond acceptors (Lipinski definition) is 2. The van der Waals surface area contributed by atoms with Crippen molar-refractivity contribution >= 4 is 0 Å². The summed E-state index contributed by atoms with van der Waals surface area (Å²) in [6.07, 6.45) is -2.44. The van der Waals surface area contributed by atoms with Crippen LogP contribution in [0.5, 0.6) is 0 Å². The van der Waals surface area contributed by atoms with Gasteiger partial charge in [-0.2, -0.15) is 13.2 Å². The maximum Gasteiger partial charge on any atom is 0.401 e. The topological polar surface area (TPSA) is 15.3 Å². The summed E-state index contributed by atoms with van der Waals surface area (Å²) >= 11 is 0. The minimum absolute atomic E-state index is 0.0882. The molecule has 0 aliphatic carbocycles. The molecule has 0 spiro atoms. The van der Waals surface area contributed by atoms with E-state index in [2.05, 4.69) is 5.32 Å². The largest absolute Gasteiger partial charge is 0.401 e. The molecule has 0 aromatic carbocycles. The molecule has 0 saturated carbocycles. The van der Waals surface area contributed by atoms with Gasteiger partial charge in [-0.1, -0.05) is 13.8 Å². The molecule has 0 aromatic heterocycles. The van der Waals surface area contributed by atoms with Crippen molar-refractivity contribution in [2.24, 2.45) is 5.92 Å². The van der Waals surface area contributed by atoms with E-state index < -0.39 is 12.7 Å². The zero-order valence-electron chi connectivity index (χ0n) is 9.98. The maximum absolute atomic E-state index is 12.5. The highest BCUT2D eigenvalue weighted by atomic mass is 19.4. The smallest absolute Gasteiger partial charge is 0.317 e. The molecule has 0 aromatic rings. The molecule has 1 saturated heterocycles. The average Bonchev–Trinajstić information content (AvgIpc) is 2.15. The zero-order chi connectivity index (χ0) is 12.2. The van der Waals surface area contributed by atoms with Crippen LogP contribution in [-0.4, -0.2) is 43.3 Å². The lowest BCUT2D eigenvalue weighted by molar-refractivity contribution is -0.153. The Bertz CT molecular complexity index is 198. The molecule has 1 aliphatic rings. The van der Waals surface area contributed by atoms with Crippen LogP contribution in [0.1, 0.15) is 26.7 Å². The molecule has 1 aliphatic heterocycles. The third-order valence-corrected chi connectivity index (χ3v) is 2.81. The van der Waals surface area contributed by atoms with Crippen LogP contribution in [0, 0.1) is 5.92 Å². The first-order chi connectivity index (χ1) is 7.38. The summed E-state index contributed by atoms with van der Waals surface area (Å²) in [7, 11) is 0. The monoisotopic (exact) mass is 238 g/mol. The average molecular weight is 238 g/mol. The van der Waals surface area contributed by atoms with Gasteiger partial charge in [0.2, 0.25) is 0 Å². The third-order valence-electron chi connectivity index (χ3n) is 2.81. The Morgan fingerprint density at radius 1 is 1.25 bits per heavy atom. The fraction of sp³-hybridized carbons (Fsp3) is 1.00. The number of nitrogens with one attached hydrogen (secondary N) is 1. The van der Waals surface area contributed by atoms with E-state index in [1.165, 1.54) is 0 Å². The SMILES string of the molecule is CC(C)CN(CC(F)(F)F)C1CCNCC1. The molecule has 96 valence electrons. The Hall–Kier alpha value is -0.290. The van der Waals surface area contributed by atoms with E-state index in [-0.39, 0.29) is 12.0 Å². The summed E-state index contributed by atoms with van der Waals surface area (Å²) in [5, 5.41) is 3.18. The van der Waals surface area contributed by atoms with Crippen molar-refractivity contribution < 1.29 is 13.2 Å². The second-order valence-electron chi connectivity index (χ2n) is 4.92. The van der Waals surface area contributed by atoms with Gasteiger partial charge >= 0.3 is 6.18 Å². The Morgan fingerprint density at radius 3 is 2.25 bits per heavy atom. The summed E-state index contributed by atoms with van der Waals surface area (Å²) in [6.45, 7) is 5.35. The first-order valence-electron chi connectivity index (χ1n) is 5.90. The molecule has 0 unspecified atom stereocenters. The molecule has 0 radical (unpaired) electrons. The van der Waals surface area contributed by atoms with E-state index in [0.717, 1.165) is 25.9 Å². The predicted octanol–water partition coefficient (Wildman–Crippen LogP) is 2.26. The van der Waals surface area contributed by atoms with E-state index in [1.54, 1.807) is 4.90 Å². The number of piperidine rings is 1. The second kappa shape index (κ2) is 5.87. The minimum atomic E-state index is -4.08. The summed E-state index contributed by atoms with van der Waals surface area (Å²) in [5.41, 5.74) is 0. The van der Waals surface area contributed by atoms with Crippen LogP contribution in [0.3, 0.4) is 0 Å². The van der Waals surface area contributed by atoms with Crippen molar-refractivity contribution in [1.29, 1.82) is 0 Å². The molecule has 2 nitrogen and oxygen atoms in total. The van der Waals surface area contributed by atoms with Crippen LogP contribution in [0.15, 0.2) is 0 Å². The van der Waals surface area contributed by atoms with Crippen LogP contribution in [0.2, 0.25) is 0 Å². The maximum atomic E-state index is 12.5. The van der Waals surface area contributed by atoms with Crippen LogP contribution in [0.25, 0.3) is 0 Å². The first-order valence-corrected chi connectivity index (χ1v) is 5.90. The molecule has 1 fully saturated rings. The quantitative estimate of drug-likeness (QED) is 0.808. The van der Waals surface area contributed by atoms with Crippen LogP contribution in [-0.2, 0) is 0 Å². The number of halogens is 3. The Labute approximate surface area is 95.2 Å². The van der Waals surface area contributed by atoms with E-state index >= 15 is 0 Å². The van der Waals surface area contributed by atoms with Crippen molar-refractivity contribution in [3.05, 3.63) is 0 Å². The fourth-order valence-corrected chi connectivity index (χ4v) is 2.21. The lowest BCUT2D eigenvalue weighted by Gasteiger charge is -2.36. The van der Waals surface area contributed by atoms with Crippen molar-refractivity contribution in [1.82, 2.24) is 10.2 Å². The molecule has 1 rings (SSSR count). The highest BCUT2D eigenvalue weighted by Gasteiger charge is 2.34. The Morgan fingerprint density at radius 2 is 1.81 bits per heavy atom. The van der Waals surface area contributed by atoms with Crippen LogP contribution in [0.4, 0.5) is 13.2 Å². The Kier molecular flexibility index (Phi) is 5.05. The first kappa shape index (κ1) is 13.8. The normalized spacial score (nSPS) is 19.7. The van der Waals surface area contributed by atoms with Gasteiger partial charge in [0, 0.05) is 12.6 Å². The third kappa shape index (κ3) is 5.16. The molecular weight excluding hydrogens is 217 g/mol. The van der Waals surface area contributed by atoms with Gasteiger partial charge in [0.1, 0.15) is 0 Å². The van der Waals surface area contributed by atoms with Crippen molar-refractivity contribution in [3.8, 4) is 0 Å². The summed E-state index contributed by atoms with van der Waals surface area (Å²) in [5.74, 6) is 0.275. The van der Waals surface area contributed by atoms with Gasteiger partial charge in [0.25, 0.3) is 0 Å². The van der Waals surface area contributed by atoms with Crippen LogP contribution >= 0.6 is 0 Å². The molecular formula is C11H21F3N2. The van der Waals surface area contributed by atoms with Gasteiger partial charge in [0.05, 0.1) is 6.54 Å². The minimum Gasteiger partial charge on any atom is -0.317 e. The number of hydrogen-bond donors (Lipinski definition) is 1. The number of alkyl halides is 3. The van der Waals surface area contributed by atoms with Gasteiger partial charge in [-0.05, 0) is 31.8 Å². The highest BCUT2D eigenvalue weighted by molar-refractivity contribution is 4.80. The van der Waals surface area contributed by atoms with E-state index in [4.69, 9.17) is 0 Å². The lowest BCUT2D eigenvalue weighted by atomic mass is 10.0. The Balaban J connectivity index is 2.54. The molecule has 0 atom stereocenters. The summed E-state index contributed by atoms with van der Waals surface area (Å²) in [6, 6.07) is 0.0882. The molecule has 1 N–H and O–H groups in total. The molecule has 5 heteroatoms. The highest BCUT2D eigenvalue weighted by Crippen LogP contribution is 2.22. The lowest BCUT2D eigenvalue weighted by Crippen LogP contribution is -2.48. The summed E-state index contributed by atoms with van der Waals surface area (Å²) < 4.78 is 37.4. The fourth-order valence-electron chi connectivity index (χ4n) is 2.21. The molecule has 0 amide bonds. The van der Waals surface area contributed by atoms with Crippen molar-refractivity contribution in [2.75, 3.05) is 26.2 Å². The van der Waals surface area contributed by atoms with E-state index in [9.17, 15) is 13.2 Å². The number of nitrogens with zero attached hydrogens (tertiary/aromatic N) is 1. The molecule has 16 heavy (non-hydrogen) atoms. The zero-order valence-corrected chi connectivity index (χ0v) is 9.98. The molecule has 0 bridgehead atoms. The second-order valence-corrected chi connectivity index (χ2v) is 4.92. The number of rotatable bonds is 4. The summed E-state index contributed by atoms with van der Waals surface area (Å²) in [4.78, 5) is 1.60. The molecule has 1 heterocycles. The van der Waals surface area contributed by atoms with E-state index in [0.29, 0.717) is 6.54 Å². The standard InChI is InChI=1S/C11H21F3N2/c1-9(2)7-16(8-11(12,13)14)10-3-5-15-6-4-10/h9-10,15H,3-8H2,1-2H3. The van der Waals surface area contributed by atoms with Gasteiger partial charge in [-0.25, -0.2) is 0 Å². The van der Waals surface area contributed by atoms with Crippen molar-refractivity contribution in [3.63, 3.8) is 0 Å². The van der Waals surface area contributed by atoms with Gasteiger partial charge in [-0.3, -0.25) is 4.90 Å². The van der Waals surface area contributed by atoms with Gasteiger partial charge < -0.3 is 5.32 Å². The van der Waals surface area contributed by atoms with Gasteiger partial charge in [-0.15, -0.1) is 0 Å². The van der Waals surface area contributed by atoms with Crippen molar-refractivity contribution in [2.45, 2.75) is 38.9 Å². The predicted molar refractivity (Wildman–Crippen MR) is 58.4 cm³/mol. The van der Waals surface area contributed by atoms with E-state index in [1.807, 2.05) is 13.8 Å². The van der Waals surface area contributed by atoms with Gasteiger partial charge in [0.15, 0.2) is 0 Å². The van der Waals surface area contributed by atoms with Crippen LogP contribution < -0.4 is 5.32 Å².